The molecule has 0 aliphatic carbocycles. The van der Waals surface area contributed by atoms with Gasteiger partial charge in [-0.05, 0) is 24.3 Å². The number of phenols is 1. The molecule has 0 heterocycles. The summed E-state index contributed by atoms with van der Waals surface area (Å²) in [6, 6.07) is 9.74. The van der Waals surface area contributed by atoms with Crippen LogP contribution >= 0.6 is 0 Å². The van der Waals surface area contributed by atoms with E-state index in [4.69, 9.17) is 14.2 Å². The molecule has 5 heteroatoms. The van der Waals surface area contributed by atoms with Crippen LogP contribution in [0.5, 0.6) is 23.0 Å². The lowest BCUT2D eigenvalue weighted by atomic mass is 10.0. The van der Waals surface area contributed by atoms with Gasteiger partial charge in [0.1, 0.15) is 0 Å². The van der Waals surface area contributed by atoms with Gasteiger partial charge in [0, 0.05) is 0 Å². The minimum atomic E-state index is -0.373. The van der Waals surface area contributed by atoms with E-state index in [0.29, 0.717) is 17.1 Å². The predicted molar refractivity (Wildman–Crippen MR) is 77.6 cm³/mol. The van der Waals surface area contributed by atoms with Gasteiger partial charge in [0.15, 0.2) is 23.0 Å². The molecule has 1 N–H and O–H groups in total. The fourth-order valence-electron chi connectivity index (χ4n) is 2.08. The number of carbonyl (C=O) groups excluding carboxylic acids is 1. The molecule has 110 valence electrons. The summed E-state index contributed by atoms with van der Waals surface area (Å²) < 4.78 is 15.4. The van der Waals surface area contributed by atoms with Crippen LogP contribution < -0.4 is 14.2 Å². The van der Waals surface area contributed by atoms with Crippen molar-refractivity contribution in [2.24, 2.45) is 0 Å². The van der Waals surface area contributed by atoms with Gasteiger partial charge < -0.3 is 19.3 Å². The highest BCUT2D eigenvalue weighted by Gasteiger charge is 2.21. The zero-order valence-corrected chi connectivity index (χ0v) is 12.0. The van der Waals surface area contributed by atoms with Crippen LogP contribution in [0, 0.1) is 0 Å². The first-order valence-corrected chi connectivity index (χ1v) is 6.25. The van der Waals surface area contributed by atoms with E-state index in [1.807, 2.05) is 0 Å². The molecule has 0 amide bonds. The molecular formula is C16H16O5. The van der Waals surface area contributed by atoms with Crippen molar-refractivity contribution in [2.75, 3.05) is 21.3 Å². The summed E-state index contributed by atoms with van der Waals surface area (Å²) >= 11 is 0. The van der Waals surface area contributed by atoms with E-state index in [0.717, 1.165) is 0 Å². The lowest BCUT2D eigenvalue weighted by Crippen LogP contribution is -2.06. The largest absolute Gasteiger partial charge is 0.504 e. The van der Waals surface area contributed by atoms with Gasteiger partial charge in [-0.2, -0.15) is 0 Å². The smallest absolute Gasteiger partial charge is 0.200 e. The Bertz CT molecular complexity index is 664. The summed E-state index contributed by atoms with van der Waals surface area (Å²) in [6.07, 6.45) is 0. The highest BCUT2D eigenvalue weighted by molar-refractivity contribution is 6.13. The Morgan fingerprint density at radius 2 is 1.43 bits per heavy atom. The van der Waals surface area contributed by atoms with Crippen molar-refractivity contribution < 1.29 is 24.1 Å². The Hall–Kier alpha value is -2.69. The Morgan fingerprint density at radius 3 is 2.00 bits per heavy atom. The lowest BCUT2D eigenvalue weighted by molar-refractivity contribution is 0.103. The zero-order valence-electron chi connectivity index (χ0n) is 12.0. The number of para-hydroxylation sites is 2. The van der Waals surface area contributed by atoms with Gasteiger partial charge in [0.2, 0.25) is 5.78 Å². The van der Waals surface area contributed by atoms with Crippen LogP contribution in [-0.4, -0.2) is 32.2 Å². The topological polar surface area (TPSA) is 65.0 Å². The Morgan fingerprint density at radius 1 is 0.857 bits per heavy atom. The van der Waals surface area contributed by atoms with Crippen molar-refractivity contribution in [3.05, 3.63) is 47.5 Å². The summed E-state index contributed by atoms with van der Waals surface area (Å²) in [5, 5.41) is 10.1. The number of hydrogen-bond acceptors (Lipinski definition) is 5. The van der Waals surface area contributed by atoms with Crippen molar-refractivity contribution in [2.45, 2.75) is 0 Å². The average Bonchev–Trinajstić information content (AvgIpc) is 2.53. The van der Waals surface area contributed by atoms with Crippen LogP contribution in [0.4, 0.5) is 0 Å². The second-order valence-corrected chi connectivity index (χ2v) is 4.23. The first-order valence-electron chi connectivity index (χ1n) is 6.25. The number of rotatable bonds is 5. The van der Waals surface area contributed by atoms with Crippen molar-refractivity contribution in [3.8, 4) is 23.0 Å². The van der Waals surface area contributed by atoms with Crippen LogP contribution in [0.25, 0.3) is 0 Å². The Balaban J connectivity index is 2.55. The highest BCUT2D eigenvalue weighted by atomic mass is 16.5. The second kappa shape index (κ2) is 6.17. The van der Waals surface area contributed by atoms with Crippen molar-refractivity contribution in [1.29, 1.82) is 0 Å². The quantitative estimate of drug-likeness (QED) is 0.857. The van der Waals surface area contributed by atoms with Gasteiger partial charge in [-0.1, -0.05) is 12.1 Å². The summed E-state index contributed by atoms with van der Waals surface area (Å²) in [4.78, 5) is 12.6. The van der Waals surface area contributed by atoms with E-state index < -0.39 is 0 Å². The van der Waals surface area contributed by atoms with E-state index >= 15 is 0 Å². The molecule has 0 aliphatic rings. The number of ether oxygens (including phenoxy) is 3. The molecule has 2 aromatic carbocycles. The predicted octanol–water partition coefficient (Wildman–Crippen LogP) is 2.65. The molecular weight excluding hydrogens is 272 g/mol. The Kier molecular flexibility index (Phi) is 4.33. The minimum Gasteiger partial charge on any atom is -0.504 e. The number of benzene rings is 2. The molecule has 0 radical (unpaired) electrons. The zero-order chi connectivity index (χ0) is 15.4. The third-order valence-electron chi connectivity index (χ3n) is 3.11. The molecule has 0 spiro atoms. The maximum Gasteiger partial charge on any atom is 0.200 e. The fourth-order valence-corrected chi connectivity index (χ4v) is 2.08. The van der Waals surface area contributed by atoms with Gasteiger partial charge >= 0.3 is 0 Å². The summed E-state index contributed by atoms with van der Waals surface area (Å²) in [7, 11) is 4.38. The SMILES string of the molecule is COc1cccc(C(=O)c2cccc(OC)c2OC)c1O. The maximum atomic E-state index is 12.6. The van der Waals surface area contributed by atoms with Crippen LogP contribution in [0.15, 0.2) is 36.4 Å². The van der Waals surface area contributed by atoms with Crippen LogP contribution in [0.3, 0.4) is 0 Å². The number of phenolic OH excluding ortho intramolecular Hbond substituents is 1. The van der Waals surface area contributed by atoms with E-state index in [1.54, 1.807) is 30.3 Å². The average molecular weight is 288 g/mol. The first kappa shape index (κ1) is 14.7. The minimum absolute atomic E-state index is 0.140. The van der Waals surface area contributed by atoms with E-state index in [2.05, 4.69) is 0 Å². The molecule has 0 saturated heterocycles. The van der Waals surface area contributed by atoms with Gasteiger partial charge in [-0.3, -0.25) is 4.79 Å². The molecule has 0 bridgehead atoms. The standard InChI is InChI=1S/C16H16O5/c1-19-12-8-4-6-10(15(12)18)14(17)11-7-5-9-13(20-2)16(11)21-3/h4-9,18H,1-3H3. The normalized spacial score (nSPS) is 10.0. The molecule has 2 aromatic rings. The number of carbonyl (C=O) groups is 1. The number of hydrogen-bond donors (Lipinski definition) is 1. The third kappa shape index (κ3) is 2.63. The number of aromatic hydroxyl groups is 1. The molecule has 0 atom stereocenters. The fraction of sp³-hybridized carbons (Fsp3) is 0.188. The molecule has 0 saturated carbocycles. The Labute approximate surface area is 122 Å². The van der Waals surface area contributed by atoms with E-state index in [1.165, 1.54) is 27.4 Å². The maximum absolute atomic E-state index is 12.6. The van der Waals surface area contributed by atoms with Crippen molar-refractivity contribution in [3.63, 3.8) is 0 Å². The molecule has 5 nitrogen and oxygen atoms in total. The van der Waals surface area contributed by atoms with Gasteiger partial charge in [0.25, 0.3) is 0 Å². The van der Waals surface area contributed by atoms with Crippen molar-refractivity contribution in [1.82, 2.24) is 0 Å². The summed E-state index contributed by atoms with van der Waals surface area (Å²) in [5.74, 6) is 0.442. The molecule has 0 aromatic heterocycles. The van der Waals surface area contributed by atoms with E-state index in [9.17, 15) is 9.90 Å². The van der Waals surface area contributed by atoms with Crippen molar-refractivity contribution >= 4 is 5.78 Å². The van der Waals surface area contributed by atoms with Crippen LogP contribution in [0.2, 0.25) is 0 Å². The first-order chi connectivity index (χ1) is 10.1. The molecule has 0 unspecified atom stereocenters. The lowest BCUT2D eigenvalue weighted by Gasteiger charge is -2.13. The van der Waals surface area contributed by atoms with Gasteiger partial charge in [-0.15, -0.1) is 0 Å². The van der Waals surface area contributed by atoms with Crippen LogP contribution in [-0.2, 0) is 0 Å². The molecule has 21 heavy (non-hydrogen) atoms. The monoisotopic (exact) mass is 288 g/mol. The summed E-state index contributed by atoms with van der Waals surface area (Å²) in [5.41, 5.74) is 0.446. The van der Waals surface area contributed by atoms with Gasteiger partial charge in [-0.25, -0.2) is 0 Å². The number of ketones is 1. The van der Waals surface area contributed by atoms with Crippen LogP contribution in [0.1, 0.15) is 15.9 Å². The number of methoxy groups -OCH3 is 3. The molecule has 2 rings (SSSR count). The van der Waals surface area contributed by atoms with E-state index in [-0.39, 0.29) is 22.8 Å². The second-order valence-electron chi connectivity index (χ2n) is 4.23. The molecule has 0 aliphatic heterocycles. The summed E-state index contributed by atoms with van der Waals surface area (Å²) in [6.45, 7) is 0. The van der Waals surface area contributed by atoms with Gasteiger partial charge in [0.05, 0.1) is 32.5 Å². The molecule has 0 fully saturated rings. The third-order valence-corrected chi connectivity index (χ3v) is 3.11. The highest BCUT2D eigenvalue weighted by Crippen LogP contribution is 2.36.